The van der Waals surface area contributed by atoms with E-state index in [9.17, 15) is 0 Å². The van der Waals surface area contributed by atoms with Gasteiger partial charge in [-0.1, -0.05) is 20.8 Å². The summed E-state index contributed by atoms with van der Waals surface area (Å²) in [5, 5.41) is 3.43. The lowest BCUT2D eigenvalue weighted by molar-refractivity contribution is 0.127. The monoisotopic (exact) mass is 279 g/mol. The molecule has 4 nitrogen and oxygen atoms in total. The zero-order valence-electron chi connectivity index (χ0n) is 13.2. The third-order valence-corrected chi connectivity index (χ3v) is 3.91. The smallest absolute Gasteiger partial charge is 0.122 e. The van der Waals surface area contributed by atoms with E-state index in [2.05, 4.69) is 42.0 Å². The number of nitrogens with zero attached hydrogens (tertiary/aromatic N) is 2. The molecule has 0 atom stereocenters. The summed E-state index contributed by atoms with van der Waals surface area (Å²) < 4.78 is 5.62. The van der Waals surface area contributed by atoms with Gasteiger partial charge in [0, 0.05) is 44.3 Å². The third kappa shape index (κ3) is 4.62. The fourth-order valence-electron chi connectivity index (χ4n) is 2.69. The highest BCUT2D eigenvalue weighted by atomic mass is 16.3. The van der Waals surface area contributed by atoms with Crippen molar-refractivity contribution in [2.75, 3.05) is 32.7 Å². The predicted octanol–water partition coefficient (Wildman–Crippen LogP) is 2.31. The normalized spacial score (nSPS) is 18.0. The van der Waals surface area contributed by atoms with E-state index in [4.69, 9.17) is 4.42 Å². The number of piperazine rings is 1. The summed E-state index contributed by atoms with van der Waals surface area (Å²) in [7, 11) is 0. The molecule has 20 heavy (non-hydrogen) atoms. The quantitative estimate of drug-likeness (QED) is 0.830. The van der Waals surface area contributed by atoms with Crippen LogP contribution in [0.1, 0.15) is 38.5 Å². The van der Waals surface area contributed by atoms with Crippen molar-refractivity contribution in [1.82, 2.24) is 15.1 Å². The minimum absolute atomic E-state index is 0.491. The summed E-state index contributed by atoms with van der Waals surface area (Å²) in [5.41, 5.74) is 1.34. The number of hydrogen-bond donors (Lipinski definition) is 1. The van der Waals surface area contributed by atoms with E-state index in [1.54, 1.807) is 0 Å². The maximum absolute atomic E-state index is 5.62. The summed E-state index contributed by atoms with van der Waals surface area (Å²) in [6.07, 6.45) is 3.08. The lowest BCUT2D eigenvalue weighted by atomic mass is 10.2. The van der Waals surface area contributed by atoms with Crippen LogP contribution in [0.3, 0.4) is 0 Å². The molecule has 0 aliphatic carbocycles. The first-order valence-corrected chi connectivity index (χ1v) is 7.92. The highest BCUT2D eigenvalue weighted by Gasteiger charge is 2.18. The topological polar surface area (TPSA) is 31.6 Å². The van der Waals surface area contributed by atoms with E-state index in [1.807, 2.05) is 6.26 Å². The Labute approximate surface area is 123 Å². The van der Waals surface area contributed by atoms with Crippen LogP contribution in [0, 0.1) is 0 Å². The van der Waals surface area contributed by atoms with Gasteiger partial charge in [0.05, 0.1) is 12.8 Å². The molecule has 1 aromatic rings. The van der Waals surface area contributed by atoms with Gasteiger partial charge in [0.25, 0.3) is 0 Å². The van der Waals surface area contributed by atoms with Crippen LogP contribution >= 0.6 is 0 Å². The number of rotatable bonds is 7. The molecular weight excluding hydrogens is 250 g/mol. The summed E-state index contributed by atoms with van der Waals surface area (Å²) in [4.78, 5) is 5.10. The van der Waals surface area contributed by atoms with Crippen molar-refractivity contribution in [3.8, 4) is 0 Å². The van der Waals surface area contributed by atoms with E-state index >= 15 is 0 Å². The molecule has 0 bridgehead atoms. The van der Waals surface area contributed by atoms with Gasteiger partial charge >= 0.3 is 0 Å². The Balaban J connectivity index is 1.81. The molecular formula is C16H29N3O. The molecule has 2 rings (SSSR count). The Kier molecular flexibility index (Phi) is 6.07. The van der Waals surface area contributed by atoms with Gasteiger partial charge in [-0.15, -0.1) is 0 Å². The van der Waals surface area contributed by atoms with Gasteiger partial charge in [-0.3, -0.25) is 4.90 Å². The fourth-order valence-corrected chi connectivity index (χ4v) is 2.69. The Bertz CT molecular complexity index is 381. The lowest BCUT2D eigenvalue weighted by Gasteiger charge is -2.34. The van der Waals surface area contributed by atoms with Gasteiger partial charge in [0.15, 0.2) is 0 Å². The molecule has 1 N–H and O–H groups in total. The molecule has 1 aromatic heterocycles. The molecule has 0 unspecified atom stereocenters. The average Bonchev–Trinajstić information content (AvgIpc) is 2.86. The molecule has 1 fully saturated rings. The van der Waals surface area contributed by atoms with Gasteiger partial charge < -0.3 is 14.6 Å². The highest BCUT2D eigenvalue weighted by molar-refractivity contribution is 5.17. The Morgan fingerprint density at radius 3 is 2.55 bits per heavy atom. The number of hydrogen-bond acceptors (Lipinski definition) is 4. The summed E-state index contributed by atoms with van der Waals surface area (Å²) in [6.45, 7) is 14.4. The van der Waals surface area contributed by atoms with Crippen LogP contribution in [0.25, 0.3) is 0 Å². The van der Waals surface area contributed by atoms with E-state index in [1.165, 1.54) is 44.7 Å². The van der Waals surface area contributed by atoms with Crippen LogP contribution in [-0.4, -0.2) is 48.6 Å². The van der Waals surface area contributed by atoms with Crippen LogP contribution in [0.4, 0.5) is 0 Å². The Hall–Kier alpha value is -0.840. The summed E-state index contributed by atoms with van der Waals surface area (Å²) in [5.74, 6) is 1.09. The second-order valence-electron chi connectivity index (χ2n) is 6.02. The van der Waals surface area contributed by atoms with Gasteiger partial charge in [-0.05, 0) is 19.0 Å². The molecule has 2 heterocycles. The fraction of sp³-hybridized carbons (Fsp3) is 0.750. The van der Waals surface area contributed by atoms with Crippen LogP contribution in [0.15, 0.2) is 16.7 Å². The van der Waals surface area contributed by atoms with Crippen LogP contribution in [0.2, 0.25) is 0 Å². The second kappa shape index (κ2) is 7.81. The Morgan fingerprint density at radius 2 is 1.90 bits per heavy atom. The number of nitrogens with one attached hydrogen (secondary N) is 1. The molecule has 1 saturated heterocycles. The van der Waals surface area contributed by atoms with Crippen molar-refractivity contribution in [1.29, 1.82) is 0 Å². The minimum Gasteiger partial charge on any atom is -0.468 e. The van der Waals surface area contributed by atoms with E-state index in [0.717, 1.165) is 18.8 Å². The molecule has 1 aliphatic rings. The van der Waals surface area contributed by atoms with E-state index in [0.29, 0.717) is 6.04 Å². The molecule has 0 saturated carbocycles. The van der Waals surface area contributed by atoms with Crippen molar-refractivity contribution >= 4 is 0 Å². The third-order valence-electron chi connectivity index (χ3n) is 3.91. The summed E-state index contributed by atoms with van der Waals surface area (Å²) in [6, 6.07) is 2.61. The first-order valence-electron chi connectivity index (χ1n) is 7.92. The van der Waals surface area contributed by atoms with Crippen molar-refractivity contribution < 1.29 is 4.42 Å². The van der Waals surface area contributed by atoms with Gasteiger partial charge in [0.1, 0.15) is 5.76 Å². The highest BCUT2D eigenvalue weighted by Crippen LogP contribution is 2.15. The Morgan fingerprint density at radius 1 is 1.20 bits per heavy atom. The molecule has 0 radical (unpaired) electrons. The predicted molar refractivity (Wildman–Crippen MR) is 82.7 cm³/mol. The summed E-state index contributed by atoms with van der Waals surface area (Å²) >= 11 is 0. The lowest BCUT2D eigenvalue weighted by Crippen LogP contribution is -2.46. The van der Waals surface area contributed by atoms with Crippen molar-refractivity contribution in [2.24, 2.45) is 0 Å². The van der Waals surface area contributed by atoms with Crippen molar-refractivity contribution in [3.05, 3.63) is 23.7 Å². The SMILES string of the molecule is CCCN1CCN(Cc2ccoc2CNC(C)C)CC1. The van der Waals surface area contributed by atoms with E-state index < -0.39 is 0 Å². The zero-order valence-corrected chi connectivity index (χ0v) is 13.2. The average molecular weight is 279 g/mol. The molecule has 0 aromatic carbocycles. The standard InChI is InChI=1S/C16H29N3O/c1-4-6-18-7-9-19(10-8-18)13-15-5-11-20-16(15)12-17-14(2)3/h5,11,14,17H,4,6-10,12-13H2,1-3H3. The molecule has 1 aliphatic heterocycles. The zero-order chi connectivity index (χ0) is 14.4. The largest absolute Gasteiger partial charge is 0.468 e. The maximum atomic E-state index is 5.62. The van der Waals surface area contributed by atoms with Gasteiger partial charge in [0.2, 0.25) is 0 Å². The van der Waals surface area contributed by atoms with Gasteiger partial charge in [-0.2, -0.15) is 0 Å². The van der Waals surface area contributed by atoms with Crippen LogP contribution < -0.4 is 5.32 Å². The molecule has 4 heteroatoms. The molecule has 0 spiro atoms. The van der Waals surface area contributed by atoms with Gasteiger partial charge in [-0.25, -0.2) is 0 Å². The minimum atomic E-state index is 0.491. The first-order chi connectivity index (χ1) is 9.69. The second-order valence-corrected chi connectivity index (χ2v) is 6.02. The maximum Gasteiger partial charge on any atom is 0.122 e. The van der Waals surface area contributed by atoms with E-state index in [-0.39, 0.29) is 0 Å². The van der Waals surface area contributed by atoms with Crippen molar-refractivity contribution in [3.63, 3.8) is 0 Å². The van der Waals surface area contributed by atoms with Crippen LogP contribution in [0.5, 0.6) is 0 Å². The molecule has 114 valence electrons. The molecule has 0 amide bonds. The number of furan rings is 1. The first kappa shape index (κ1) is 15.5. The van der Waals surface area contributed by atoms with Crippen molar-refractivity contribution in [2.45, 2.75) is 46.3 Å². The van der Waals surface area contributed by atoms with Crippen LogP contribution in [-0.2, 0) is 13.1 Å².